The molecule has 0 saturated carbocycles. The number of nitrogens with one attached hydrogen (secondary N) is 1. The molecule has 0 unspecified atom stereocenters. The van der Waals surface area contributed by atoms with Crippen molar-refractivity contribution in [2.75, 3.05) is 19.6 Å². The van der Waals surface area contributed by atoms with Gasteiger partial charge in [0.05, 0.1) is 0 Å². The lowest BCUT2D eigenvalue weighted by Crippen LogP contribution is -2.35. The van der Waals surface area contributed by atoms with Gasteiger partial charge >= 0.3 is 0 Å². The van der Waals surface area contributed by atoms with E-state index in [2.05, 4.69) is 23.5 Å². The zero-order chi connectivity index (χ0) is 18.6. The van der Waals surface area contributed by atoms with Crippen LogP contribution >= 0.6 is 0 Å². The van der Waals surface area contributed by atoms with Gasteiger partial charge in [0.1, 0.15) is 0 Å². The quantitative estimate of drug-likeness (QED) is 0.647. The summed E-state index contributed by atoms with van der Waals surface area (Å²) in [5.74, 6) is 0.0777. The molecule has 26 heavy (non-hydrogen) atoms. The number of carbonyl (C=O) groups is 2. The molecule has 0 radical (unpaired) electrons. The maximum Gasteiger partial charge on any atom is 0.221 e. The summed E-state index contributed by atoms with van der Waals surface area (Å²) in [6, 6.07) is 10.3. The van der Waals surface area contributed by atoms with Crippen molar-refractivity contribution in [3.05, 3.63) is 47.5 Å². The molecule has 0 bridgehead atoms. The number of carbonyl (C=O) groups excluding carboxylic acids is 2. The van der Waals surface area contributed by atoms with Crippen LogP contribution in [0.5, 0.6) is 0 Å². The van der Waals surface area contributed by atoms with Crippen LogP contribution in [0.2, 0.25) is 0 Å². The van der Waals surface area contributed by atoms with Crippen LogP contribution in [-0.4, -0.2) is 36.3 Å². The Hall–Kier alpha value is -2.10. The smallest absolute Gasteiger partial charge is 0.221 e. The van der Waals surface area contributed by atoms with Crippen LogP contribution in [0.15, 0.2) is 42.0 Å². The van der Waals surface area contributed by atoms with Crippen LogP contribution in [0, 0.1) is 0 Å². The largest absolute Gasteiger partial charge is 0.356 e. The Morgan fingerprint density at radius 2 is 1.88 bits per heavy atom. The molecule has 1 aliphatic rings. The van der Waals surface area contributed by atoms with E-state index in [0.29, 0.717) is 26.1 Å². The second-order valence-electron chi connectivity index (χ2n) is 7.05. The van der Waals surface area contributed by atoms with Crippen LogP contribution in [0.3, 0.4) is 0 Å². The van der Waals surface area contributed by atoms with Crippen molar-refractivity contribution in [1.82, 2.24) is 10.2 Å². The Bertz CT molecular complexity index is 595. The average molecular weight is 357 g/mol. The maximum atomic E-state index is 12.0. The van der Waals surface area contributed by atoms with Crippen LogP contribution in [0.1, 0.15) is 57.4 Å². The van der Waals surface area contributed by atoms with Gasteiger partial charge in [0.2, 0.25) is 11.8 Å². The van der Waals surface area contributed by atoms with E-state index in [9.17, 15) is 9.59 Å². The standard InChI is InChI=1S/C22H32N2O2/c1-19(25)24(17-8-13-20-9-4-2-5-10-20)18-15-22(26)23-16-14-21-11-6-3-7-12-21/h2,4-5,9-11H,3,6-8,12-18H2,1H3,(H,23,26). The fraction of sp³-hybridized carbons (Fsp3) is 0.545. The van der Waals surface area contributed by atoms with Crippen LogP contribution < -0.4 is 5.32 Å². The Balaban J connectivity index is 1.62. The zero-order valence-corrected chi connectivity index (χ0v) is 16.0. The van der Waals surface area contributed by atoms with Crippen molar-refractivity contribution in [2.45, 2.75) is 58.3 Å². The molecule has 142 valence electrons. The van der Waals surface area contributed by atoms with Crippen molar-refractivity contribution in [3.8, 4) is 0 Å². The molecule has 0 heterocycles. The topological polar surface area (TPSA) is 49.4 Å². The lowest BCUT2D eigenvalue weighted by molar-refractivity contribution is -0.129. The second-order valence-corrected chi connectivity index (χ2v) is 7.05. The first-order valence-corrected chi connectivity index (χ1v) is 9.89. The van der Waals surface area contributed by atoms with E-state index in [0.717, 1.165) is 19.3 Å². The van der Waals surface area contributed by atoms with Gasteiger partial charge in [-0.1, -0.05) is 42.0 Å². The van der Waals surface area contributed by atoms with Gasteiger partial charge in [0.25, 0.3) is 0 Å². The summed E-state index contributed by atoms with van der Waals surface area (Å²) in [6.45, 7) is 3.48. The fourth-order valence-corrected chi connectivity index (χ4v) is 3.36. The number of hydrogen-bond donors (Lipinski definition) is 1. The normalized spacial score (nSPS) is 13.8. The van der Waals surface area contributed by atoms with Gasteiger partial charge in [0, 0.05) is 33.0 Å². The summed E-state index contributed by atoms with van der Waals surface area (Å²) in [5, 5.41) is 2.99. The molecule has 2 amide bonds. The lowest BCUT2D eigenvalue weighted by atomic mass is 9.97. The molecule has 2 rings (SSSR count). The van der Waals surface area contributed by atoms with Crippen molar-refractivity contribution >= 4 is 11.8 Å². The maximum absolute atomic E-state index is 12.0. The van der Waals surface area contributed by atoms with Crippen LogP contribution in [0.4, 0.5) is 0 Å². The van der Waals surface area contributed by atoms with Gasteiger partial charge in [-0.15, -0.1) is 0 Å². The summed E-state index contributed by atoms with van der Waals surface area (Å²) < 4.78 is 0. The number of rotatable bonds is 10. The summed E-state index contributed by atoms with van der Waals surface area (Å²) in [6.07, 6.45) is 10.4. The first-order chi connectivity index (χ1) is 12.6. The number of nitrogens with zero attached hydrogens (tertiary/aromatic N) is 1. The van der Waals surface area contributed by atoms with Gasteiger partial charge in [-0.25, -0.2) is 0 Å². The molecule has 1 aliphatic carbocycles. The average Bonchev–Trinajstić information content (AvgIpc) is 2.66. The Labute approximate surface area is 157 Å². The third kappa shape index (κ3) is 7.85. The Morgan fingerprint density at radius 3 is 2.58 bits per heavy atom. The summed E-state index contributed by atoms with van der Waals surface area (Å²) in [4.78, 5) is 25.6. The second kappa shape index (κ2) is 11.5. The van der Waals surface area contributed by atoms with Crippen molar-refractivity contribution < 1.29 is 9.59 Å². The first kappa shape index (κ1) is 20.2. The summed E-state index contributed by atoms with van der Waals surface area (Å²) >= 11 is 0. The molecule has 0 aliphatic heterocycles. The molecule has 1 N–H and O–H groups in total. The third-order valence-electron chi connectivity index (χ3n) is 4.94. The van der Waals surface area contributed by atoms with Gasteiger partial charge in [-0.05, 0) is 50.5 Å². The van der Waals surface area contributed by atoms with E-state index in [1.807, 2.05) is 18.2 Å². The molecule has 4 heteroatoms. The van der Waals surface area contributed by atoms with Crippen molar-refractivity contribution in [3.63, 3.8) is 0 Å². The predicted molar refractivity (Wildman–Crippen MR) is 106 cm³/mol. The van der Waals surface area contributed by atoms with Crippen LogP contribution in [0.25, 0.3) is 0 Å². The van der Waals surface area contributed by atoms with Crippen molar-refractivity contribution in [2.24, 2.45) is 0 Å². The van der Waals surface area contributed by atoms with E-state index in [1.165, 1.54) is 36.8 Å². The minimum atomic E-state index is 0.0377. The molecular formula is C22H32N2O2. The summed E-state index contributed by atoms with van der Waals surface area (Å²) in [7, 11) is 0. The molecule has 0 fully saturated rings. The predicted octanol–water partition coefficient (Wildman–Crippen LogP) is 3.86. The summed E-state index contributed by atoms with van der Waals surface area (Å²) in [5.41, 5.74) is 2.76. The van der Waals surface area contributed by atoms with Gasteiger partial charge in [-0.2, -0.15) is 0 Å². The van der Waals surface area contributed by atoms with Gasteiger partial charge in [0.15, 0.2) is 0 Å². The Kier molecular flexibility index (Phi) is 8.94. The zero-order valence-electron chi connectivity index (χ0n) is 16.0. The van der Waals surface area contributed by atoms with E-state index in [4.69, 9.17) is 0 Å². The molecule has 0 saturated heterocycles. The van der Waals surface area contributed by atoms with E-state index >= 15 is 0 Å². The first-order valence-electron chi connectivity index (χ1n) is 9.89. The highest BCUT2D eigenvalue weighted by Crippen LogP contribution is 2.19. The van der Waals surface area contributed by atoms with Crippen molar-refractivity contribution in [1.29, 1.82) is 0 Å². The molecule has 0 aromatic heterocycles. The number of amides is 2. The van der Waals surface area contributed by atoms with Crippen LogP contribution in [-0.2, 0) is 16.0 Å². The Morgan fingerprint density at radius 1 is 1.08 bits per heavy atom. The minimum Gasteiger partial charge on any atom is -0.356 e. The number of hydrogen-bond acceptors (Lipinski definition) is 2. The van der Waals surface area contributed by atoms with E-state index in [1.54, 1.807) is 11.8 Å². The highest BCUT2D eigenvalue weighted by molar-refractivity contribution is 5.78. The SMILES string of the molecule is CC(=O)N(CCCc1ccccc1)CCC(=O)NCCC1=CCCCC1. The molecule has 4 nitrogen and oxygen atoms in total. The van der Waals surface area contributed by atoms with Gasteiger partial charge < -0.3 is 10.2 Å². The van der Waals surface area contributed by atoms with E-state index < -0.39 is 0 Å². The molecule has 0 spiro atoms. The monoisotopic (exact) mass is 356 g/mol. The highest BCUT2D eigenvalue weighted by atomic mass is 16.2. The number of allylic oxidation sites excluding steroid dienone is 1. The third-order valence-corrected chi connectivity index (χ3v) is 4.94. The van der Waals surface area contributed by atoms with Gasteiger partial charge in [-0.3, -0.25) is 9.59 Å². The molecular weight excluding hydrogens is 324 g/mol. The fourth-order valence-electron chi connectivity index (χ4n) is 3.36. The highest BCUT2D eigenvalue weighted by Gasteiger charge is 2.11. The number of aryl methyl sites for hydroxylation is 1. The molecule has 0 atom stereocenters. The number of benzene rings is 1. The van der Waals surface area contributed by atoms with E-state index in [-0.39, 0.29) is 11.8 Å². The molecule has 1 aromatic carbocycles. The molecule has 1 aromatic rings. The minimum absolute atomic E-state index is 0.0377. The lowest BCUT2D eigenvalue weighted by Gasteiger charge is -2.21.